The topological polar surface area (TPSA) is 75.0 Å². The highest BCUT2D eigenvalue weighted by atomic mass is 79.9. The van der Waals surface area contributed by atoms with Crippen LogP contribution < -0.4 is 9.46 Å². The number of pyridine rings is 1. The molecule has 0 aliphatic carbocycles. The van der Waals surface area contributed by atoms with E-state index in [4.69, 9.17) is 10.00 Å². The van der Waals surface area contributed by atoms with E-state index in [9.17, 15) is 4.21 Å². The molecule has 0 fully saturated rings. The van der Waals surface area contributed by atoms with Gasteiger partial charge in [-0.2, -0.15) is 5.26 Å². The molecule has 0 amide bonds. The van der Waals surface area contributed by atoms with Gasteiger partial charge in [-0.15, -0.1) is 0 Å². The van der Waals surface area contributed by atoms with Crippen LogP contribution in [0.25, 0.3) is 0 Å². The van der Waals surface area contributed by atoms with Crippen LogP contribution in [0.5, 0.6) is 5.88 Å². The molecule has 0 aliphatic heterocycles. The van der Waals surface area contributed by atoms with Gasteiger partial charge in [-0.3, -0.25) is 4.72 Å². The molecule has 2 rings (SSSR count). The van der Waals surface area contributed by atoms with Gasteiger partial charge in [0.25, 0.3) is 0 Å². The normalized spacial score (nSPS) is 9.50. The van der Waals surface area contributed by atoms with E-state index >= 15 is 0 Å². The SMILES string of the molecule is CC.CC.CC.COc1ncc(Br)cc1NS(=O)c1ccc(C#N)cc1. The minimum atomic E-state index is -1.47. The first kappa shape index (κ1) is 26.3. The molecule has 0 bridgehead atoms. The summed E-state index contributed by atoms with van der Waals surface area (Å²) in [7, 11) is 0.0271. The Bertz CT molecular complexity index is 686. The van der Waals surface area contributed by atoms with E-state index in [1.165, 1.54) is 7.11 Å². The van der Waals surface area contributed by atoms with Gasteiger partial charge in [0.05, 0.1) is 23.6 Å². The predicted octanol–water partition coefficient (Wildman–Crippen LogP) is 5.94. The number of nitrogens with one attached hydrogen (secondary N) is 1. The third-order valence-corrected chi connectivity index (χ3v) is 3.95. The third kappa shape index (κ3) is 8.97. The van der Waals surface area contributed by atoms with Crippen molar-refractivity contribution in [2.45, 2.75) is 46.4 Å². The van der Waals surface area contributed by atoms with E-state index in [-0.39, 0.29) is 0 Å². The van der Waals surface area contributed by atoms with E-state index < -0.39 is 11.0 Å². The molecule has 1 unspecified atom stereocenters. The highest BCUT2D eigenvalue weighted by molar-refractivity contribution is 9.10. The minimum Gasteiger partial charge on any atom is -0.480 e. The van der Waals surface area contributed by atoms with Crippen LogP contribution >= 0.6 is 15.9 Å². The molecule has 1 heterocycles. The van der Waals surface area contributed by atoms with Gasteiger partial charge in [-0.1, -0.05) is 41.5 Å². The van der Waals surface area contributed by atoms with Crippen molar-refractivity contribution < 1.29 is 8.95 Å². The molecule has 1 aromatic heterocycles. The average Bonchev–Trinajstić information content (AvgIpc) is 2.72. The predicted molar refractivity (Wildman–Crippen MR) is 114 cm³/mol. The van der Waals surface area contributed by atoms with Gasteiger partial charge in [0.2, 0.25) is 5.88 Å². The van der Waals surface area contributed by atoms with Crippen LogP contribution in [0.15, 0.2) is 45.9 Å². The largest absolute Gasteiger partial charge is 0.480 e. The lowest BCUT2D eigenvalue weighted by Gasteiger charge is -2.10. The lowest BCUT2D eigenvalue weighted by Crippen LogP contribution is -2.06. The molecule has 7 heteroatoms. The van der Waals surface area contributed by atoms with Gasteiger partial charge in [0, 0.05) is 10.7 Å². The number of anilines is 1. The molecule has 0 radical (unpaired) electrons. The molecule has 2 aromatic rings. The van der Waals surface area contributed by atoms with Crippen LogP contribution in [0, 0.1) is 11.3 Å². The average molecular weight is 442 g/mol. The van der Waals surface area contributed by atoms with Gasteiger partial charge < -0.3 is 4.74 Å². The zero-order chi connectivity index (χ0) is 20.5. The monoisotopic (exact) mass is 441 g/mol. The number of hydrogen-bond acceptors (Lipinski definition) is 4. The maximum absolute atomic E-state index is 12.2. The summed E-state index contributed by atoms with van der Waals surface area (Å²) in [5, 5.41) is 8.73. The molecule has 0 saturated heterocycles. The fourth-order valence-corrected chi connectivity index (χ4v) is 2.65. The van der Waals surface area contributed by atoms with Crippen molar-refractivity contribution in [2.75, 3.05) is 11.8 Å². The van der Waals surface area contributed by atoms with E-state index in [2.05, 4.69) is 25.6 Å². The van der Waals surface area contributed by atoms with Crippen molar-refractivity contribution in [3.63, 3.8) is 0 Å². The van der Waals surface area contributed by atoms with Crippen LogP contribution in [0.3, 0.4) is 0 Å². The van der Waals surface area contributed by atoms with E-state index in [0.717, 1.165) is 4.47 Å². The number of aromatic nitrogens is 1. The van der Waals surface area contributed by atoms with Crippen LogP contribution in [-0.2, 0) is 11.0 Å². The fraction of sp³-hybridized carbons (Fsp3) is 0.368. The summed E-state index contributed by atoms with van der Waals surface area (Å²) in [4.78, 5) is 4.62. The second-order valence-corrected chi connectivity index (χ2v) is 5.85. The van der Waals surface area contributed by atoms with Crippen LogP contribution in [-0.4, -0.2) is 16.3 Å². The maximum Gasteiger partial charge on any atom is 0.238 e. The lowest BCUT2D eigenvalue weighted by molar-refractivity contribution is 0.400. The molecular weight excluding hydrogens is 414 g/mol. The summed E-state index contributed by atoms with van der Waals surface area (Å²) in [5.41, 5.74) is 1.04. The Hall–Kier alpha value is -1.91. The Balaban J connectivity index is 0. The van der Waals surface area contributed by atoms with Crippen molar-refractivity contribution in [3.8, 4) is 11.9 Å². The number of rotatable bonds is 4. The Labute approximate surface area is 168 Å². The van der Waals surface area contributed by atoms with Crippen LogP contribution in [0.4, 0.5) is 5.69 Å². The van der Waals surface area contributed by atoms with Gasteiger partial charge >= 0.3 is 0 Å². The van der Waals surface area contributed by atoms with E-state index in [1.807, 2.05) is 47.6 Å². The molecule has 1 N–H and O–H groups in total. The highest BCUT2D eigenvalue weighted by Gasteiger charge is 2.10. The Morgan fingerprint density at radius 2 is 1.65 bits per heavy atom. The van der Waals surface area contributed by atoms with Gasteiger partial charge in [0.15, 0.2) is 0 Å². The van der Waals surface area contributed by atoms with Gasteiger partial charge in [-0.25, -0.2) is 9.19 Å². The molecule has 0 saturated carbocycles. The summed E-state index contributed by atoms with van der Waals surface area (Å²) in [5.74, 6) is 0.357. The van der Waals surface area contributed by atoms with Crippen molar-refractivity contribution in [2.24, 2.45) is 0 Å². The number of nitriles is 1. The lowest BCUT2D eigenvalue weighted by atomic mass is 10.2. The number of benzene rings is 1. The van der Waals surface area contributed by atoms with Crippen LogP contribution in [0.1, 0.15) is 47.1 Å². The number of halogens is 1. The molecule has 144 valence electrons. The number of nitrogens with zero attached hydrogens (tertiary/aromatic N) is 2. The minimum absolute atomic E-state index is 0.357. The Kier molecular flexibility index (Phi) is 16.8. The molecule has 1 aromatic carbocycles. The van der Waals surface area contributed by atoms with E-state index in [0.29, 0.717) is 22.0 Å². The van der Waals surface area contributed by atoms with Crippen molar-refractivity contribution in [1.29, 1.82) is 5.26 Å². The highest BCUT2D eigenvalue weighted by Crippen LogP contribution is 2.26. The molecule has 0 aliphatic rings. The second-order valence-electron chi connectivity index (χ2n) is 3.72. The smallest absolute Gasteiger partial charge is 0.238 e. The summed E-state index contributed by atoms with van der Waals surface area (Å²) in [6.45, 7) is 12.0. The Morgan fingerprint density at radius 1 is 1.12 bits per heavy atom. The zero-order valence-electron chi connectivity index (χ0n) is 16.5. The molecule has 26 heavy (non-hydrogen) atoms. The van der Waals surface area contributed by atoms with Crippen LogP contribution in [0.2, 0.25) is 0 Å². The first-order valence-corrected chi connectivity index (χ1v) is 10.5. The zero-order valence-corrected chi connectivity index (χ0v) is 18.9. The summed E-state index contributed by atoms with van der Waals surface area (Å²) in [6, 6.07) is 10.3. The van der Waals surface area contributed by atoms with Gasteiger partial charge in [-0.05, 0) is 46.3 Å². The second kappa shape index (κ2) is 16.6. The molecule has 1 atom stereocenters. The van der Waals surface area contributed by atoms with Crippen molar-refractivity contribution in [1.82, 2.24) is 4.98 Å². The molecule has 5 nitrogen and oxygen atoms in total. The maximum atomic E-state index is 12.2. The fourth-order valence-electron chi connectivity index (χ4n) is 1.47. The Morgan fingerprint density at radius 3 is 2.12 bits per heavy atom. The summed E-state index contributed by atoms with van der Waals surface area (Å²) < 4.78 is 20.9. The summed E-state index contributed by atoms with van der Waals surface area (Å²) >= 11 is 3.30. The van der Waals surface area contributed by atoms with Crippen molar-refractivity contribution >= 4 is 32.6 Å². The first-order valence-electron chi connectivity index (χ1n) is 8.52. The van der Waals surface area contributed by atoms with Crippen molar-refractivity contribution in [3.05, 3.63) is 46.6 Å². The number of hydrogen-bond donors (Lipinski definition) is 1. The quantitative estimate of drug-likeness (QED) is 0.636. The van der Waals surface area contributed by atoms with Gasteiger partial charge in [0.1, 0.15) is 16.7 Å². The third-order valence-electron chi connectivity index (χ3n) is 2.41. The summed E-state index contributed by atoms with van der Waals surface area (Å²) in [6.07, 6.45) is 1.59. The standard InChI is InChI=1S/C13H10BrN3O2S.3C2H6/c1-19-13-12(6-10(14)8-16-13)17-20(18)11-4-2-9(7-15)3-5-11;3*1-2/h2-6,8,17H,1H3;3*1-2H3. The molecule has 0 spiro atoms. The first-order chi connectivity index (χ1) is 12.6. The molecular formula is C19H28BrN3O2S. The number of ether oxygens (including phenoxy) is 1. The van der Waals surface area contributed by atoms with E-state index in [1.54, 1.807) is 36.5 Å². The number of methoxy groups -OCH3 is 1.